The molecule has 2 aromatic heterocycles. The van der Waals surface area contributed by atoms with E-state index in [0.29, 0.717) is 43.8 Å². The minimum atomic E-state index is -0.236. The smallest absolute Gasteiger partial charge is 0.163 e. The second-order valence-corrected chi connectivity index (χ2v) is 10.2. The number of halogens is 2. The Balaban J connectivity index is 1.71. The van der Waals surface area contributed by atoms with Crippen molar-refractivity contribution in [3.05, 3.63) is 51.6 Å². The molecular formula is C26H30Cl2N4O2. The number of carbonyl (C=O) groups is 1. The lowest BCUT2D eigenvalue weighted by molar-refractivity contribution is 0.101. The van der Waals surface area contributed by atoms with Gasteiger partial charge in [0.15, 0.2) is 5.78 Å². The number of hydrogen-bond donors (Lipinski definition) is 2. The first-order chi connectivity index (χ1) is 16.3. The zero-order chi connectivity index (χ0) is 24.4. The van der Waals surface area contributed by atoms with Crippen LogP contribution in [0.4, 0.5) is 5.69 Å². The highest BCUT2D eigenvalue weighted by atomic mass is 35.5. The third-order valence-electron chi connectivity index (χ3n) is 6.51. The topological polar surface area (TPSA) is 78.3 Å². The number of benzene rings is 1. The quantitative estimate of drug-likeness (QED) is 0.397. The van der Waals surface area contributed by atoms with Crippen LogP contribution in [-0.4, -0.2) is 52.4 Å². The maximum atomic E-state index is 12.5. The van der Waals surface area contributed by atoms with Crippen molar-refractivity contribution in [3.8, 4) is 11.3 Å². The van der Waals surface area contributed by atoms with Crippen LogP contribution in [0.15, 0.2) is 30.5 Å². The molecule has 0 atom stereocenters. The van der Waals surface area contributed by atoms with Crippen molar-refractivity contribution >= 4 is 45.7 Å². The zero-order valence-corrected chi connectivity index (χ0v) is 21.2. The second kappa shape index (κ2) is 10.6. The largest absolute Gasteiger partial charge is 0.392 e. The van der Waals surface area contributed by atoms with Gasteiger partial charge < -0.3 is 15.3 Å². The summed E-state index contributed by atoms with van der Waals surface area (Å²) >= 11 is 12.7. The van der Waals surface area contributed by atoms with E-state index in [9.17, 15) is 9.90 Å². The van der Waals surface area contributed by atoms with Gasteiger partial charge in [-0.15, -0.1) is 0 Å². The summed E-state index contributed by atoms with van der Waals surface area (Å²) in [7, 11) is 4.24. The predicted octanol–water partition coefficient (Wildman–Crippen LogP) is 5.83. The van der Waals surface area contributed by atoms with E-state index in [1.807, 2.05) is 12.1 Å². The first kappa shape index (κ1) is 24.9. The van der Waals surface area contributed by atoms with Gasteiger partial charge in [0, 0.05) is 40.0 Å². The van der Waals surface area contributed by atoms with Crippen LogP contribution in [0, 0.1) is 5.92 Å². The maximum absolute atomic E-state index is 12.5. The van der Waals surface area contributed by atoms with E-state index < -0.39 is 0 Å². The normalized spacial score (nSPS) is 18.4. The van der Waals surface area contributed by atoms with Gasteiger partial charge in [0.05, 0.1) is 29.1 Å². The Bertz CT molecular complexity index is 1180. The lowest BCUT2D eigenvalue weighted by Crippen LogP contribution is -2.31. The molecule has 0 unspecified atom stereocenters. The van der Waals surface area contributed by atoms with Crippen molar-refractivity contribution in [1.29, 1.82) is 0 Å². The number of nitrogens with zero attached hydrogens (tertiary/aromatic N) is 3. The number of fused-ring (bicyclic) bond motifs is 1. The monoisotopic (exact) mass is 500 g/mol. The molecule has 34 heavy (non-hydrogen) atoms. The number of rotatable bonds is 7. The Labute approximate surface area is 210 Å². The van der Waals surface area contributed by atoms with Gasteiger partial charge in [-0.3, -0.25) is 9.78 Å². The first-order valence-electron chi connectivity index (χ1n) is 11.6. The van der Waals surface area contributed by atoms with Gasteiger partial charge in [0.25, 0.3) is 0 Å². The average Bonchev–Trinajstić information content (AvgIpc) is 2.79. The van der Waals surface area contributed by atoms with Gasteiger partial charge in [-0.1, -0.05) is 23.2 Å². The van der Waals surface area contributed by atoms with Gasteiger partial charge in [0.1, 0.15) is 5.52 Å². The molecule has 1 aromatic carbocycles. The number of nitrogens with one attached hydrogen (secondary N) is 1. The van der Waals surface area contributed by atoms with Crippen molar-refractivity contribution in [2.24, 2.45) is 5.92 Å². The number of aromatic nitrogens is 2. The highest BCUT2D eigenvalue weighted by molar-refractivity contribution is 6.36. The van der Waals surface area contributed by atoms with Crippen LogP contribution in [0.1, 0.15) is 48.5 Å². The summed E-state index contributed by atoms with van der Waals surface area (Å²) in [5.74, 6) is 0.652. The molecule has 0 radical (unpaired) electrons. The highest BCUT2D eigenvalue weighted by Gasteiger charge is 2.24. The molecule has 0 aliphatic heterocycles. The molecule has 0 spiro atoms. The molecule has 2 N–H and O–H groups in total. The van der Waals surface area contributed by atoms with Crippen LogP contribution in [0.3, 0.4) is 0 Å². The van der Waals surface area contributed by atoms with Gasteiger partial charge >= 0.3 is 0 Å². The van der Waals surface area contributed by atoms with E-state index in [0.717, 1.165) is 43.5 Å². The summed E-state index contributed by atoms with van der Waals surface area (Å²) < 4.78 is 0. The summed E-state index contributed by atoms with van der Waals surface area (Å²) in [4.78, 5) is 24.1. The summed E-state index contributed by atoms with van der Waals surface area (Å²) in [5.41, 5.74) is 4.53. The number of anilines is 1. The summed E-state index contributed by atoms with van der Waals surface area (Å²) in [6.45, 7) is 2.42. The first-order valence-corrected chi connectivity index (χ1v) is 12.3. The Morgan fingerprint density at radius 2 is 1.82 bits per heavy atom. The van der Waals surface area contributed by atoms with Gasteiger partial charge in [0.2, 0.25) is 0 Å². The molecule has 0 amide bonds. The molecule has 6 nitrogen and oxygen atoms in total. The fourth-order valence-corrected chi connectivity index (χ4v) is 5.36. The van der Waals surface area contributed by atoms with Crippen molar-refractivity contribution in [1.82, 2.24) is 14.9 Å². The van der Waals surface area contributed by atoms with E-state index in [4.69, 9.17) is 28.2 Å². The zero-order valence-electron chi connectivity index (χ0n) is 19.7. The van der Waals surface area contributed by atoms with Crippen molar-refractivity contribution in [2.45, 2.75) is 45.3 Å². The lowest BCUT2D eigenvalue weighted by Gasteiger charge is -2.31. The molecule has 1 fully saturated rings. The molecule has 3 aromatic rings. The Morgan fingerprint density at radius 1 is 1.15 bits per heavy atom. The molecule has 8 heteroatoms. The number of aliphatic hydroxyl groups is 1. The SMILES string of the molecule is CC(=O)c1cnc2ccc(-c3cc(Cl)c(CO)c(Cl)c3)nc2c1N[C@H]1CC[C@H](CN(C)C)CC1. The minimum Gasteiger partial charge on any atom is -0.392 e. The molecule has 0 saturated heterocycles. The Kier molecular flexibility index (Phi) is 7.73. The molecular weight excluding hydrogens is 471 g/mol. The number of aliphatic hydroxyl groups excluding tert-OH is 1. The molecule has 1 aliphatic rings. The van der Waals surface area contributed by atoms with Gasteiger partial charge in [-0.25, -0.2) is 4.98 Å². The lowest BCUT2D eigenvalue weighted by atomic mass is 9.85. The minimum absolute atomic E-state index is 0.0521. The number of Topliss-reactive ketones (excluding diaryl/α,β-unsaturated/α-hetero) is 1. The van der Waals surface area contributed by atoms with Crippen LogP contribution in [0.5, 0.6) is 0 Å². The number of hydrogen-bond acceptors (Lipinski definition) is 6. The van der Waals surface area contributed by atoms with Gasteiger partial charge in [-0.2, -0.15) is 0 Å². The molecule has 1 saturated carbocycles. The van der Waals surface area contributed by atoms with E-state index >= 15 is 0 Å². The number of ketones is 1. The van der Waals surface area contributed by atoms with E-state index in [1.54, 1.807) is 25.3 Å². The van der Waals surface area contributed by atoms with Crippen LogP contribution < -0.4 is 5.32 Å². The van der Waals surface area contributed by atoms with Crippen molar-refractivity contribution in [2.75, 3.05) is 26.0 Å². The predicted molar refractivity (Wildman–Crippen MR) is 139 cm³/mol. The summed E-state index contributed by atoms with van der Waals surface area (Å²) in [6, 6.07) is 7.52. The molecule has 2 heterocycles. The van der Waals surface area contributed by atoms with Crippen LogP contribution in [0.2, 0.25) is 10.0 Å². The average molecular weight is 501 g/mol. The standard InChI is InChI=1S/C26H30Cl2N4O2/c1-15(34)19-12-29-24-9-8-23(17-10-21(27)20(14-33)22(28)11-17)31-26(24)25(19)30-18-6-4-16(5-7-18)13-32(2)3/h8-12,16,18,33H,4-7,13-14H2,1-3H3,(H,29,30)/t16-,18-. The van der Waals surface area contributed by atoms with E-state index in [2.05, 4.69) is 29.3 Å². The number of pyridine rings is 2. The Morgan fingerprint density at radius 3 is 2.41 bits per heavy atom. The van der Waals surface area contributed by atoms with E-state index in [-0.39, 0.29) is 18.4 Å². The van der Waals surface area contributed by atoms with E-state index in [1.165, 1.54) is 0 Å². The highest BCUT2D eigenvalue weighted by Crippen LogP contribution is 2.35. The maximum Gasteiger partial charge on any atom is 0.163 e. The Hall–Kier alpha value is -2.25. The number of carbonyl (C=O) groups excluding carboxylic acids is 1. The van der Waals surface area contributed by atoms with Gasteiger partial charge in [-0.05, 0) is 76.9 Å². The molecule has 4 rings (SSSR count). The third kappa shape index (κ3) is 5.36. The van der Waals surface area contributed by atoms with Crippen LogP contribution in [-0.2, 0) is 6.61 Å². The molecule has 180 valence electrons. The van der Waals surface area contributed by atoms with Crippen LogP contribution in [0.25, 0.3) is 22.3 Å². The van der Waals surface area contributed by atoms with Crippen molar-refractivity contribution < 1.29 is 9.90 Å². The van der Waals surface area contributed by atoms with Crippen molar-refractivity contribution in [3.63, 3.8) is 0 Å². The van der Waals surface area contributed by atoms with Crippen LogP contribution >= 0.6 is 23.2 Å². The fourth-order valence-electron chi connectivity index (χ4n) is 4.75. The summed E-state index contributed by atoms with van der Waals surface area (Å²) in [5, 5.41) is 13.9. The second-order valence-electron chi connectivity index (χ2n) is 9.37. The third-order valence-corrected chi connectivity index (χ3v) is 7.18. The molecule has 0 bridgehead atoms. The summed E-state index contributed by atoms with van der Waals surface area (Å²) in [6.07, 6.45) is 6.04. The fraction of sp³-hybridized carbons (Fsp3) is 0.423. The molecule has 1 aliphatic carbocycles.